The maximum Gasteiger partial charge on any atom is 0.184 e. The zero-order valence-electron chi connectivity index (χ0n) is 8.85. The molecule has 0 heterocycles. The van der Waals surface area contributed by atoms with Crippen LogP contribution in [0, 0.1) is 0 Å². The first kappa shape index (κ1) is 12.4. The summed E-state index contributed by atoms with van der Waals surface area (Å²) >= 11 is 0. The largest absolute Gasteiger partial charge is 0.487 e. The lowest BCUT2D eigenvalue weighted by molar-refractivity contribution is 0.179. The molecule has 0 radical (unpaired) electrons. The highest BCUT2D eigenvalue weighted by atomic mass is 16.5. The summed E-state index contributed by atoms with van der Waals surface area (Å²) in [5, 5.41) is 17.3. The maximum absolute atomic E-state index is 8.67. The van der Waals surface area contributed by atoms with Crippen molar-refractivity contribution in [1.29, 1.82) is 0 Å². The van der Waals surface area contributed by atoms with E-state index in [9.17, 15) is 0 Å². The number of aliphatic hydroxyl groups is 2. The predicted octanol–water partition coefficient (Wildman–Crippen LogP) is -0.407. The molecule has 6 heteroatoms. The Bertz CT molecular complexity index is 344. The van der Waals surface area contributed by atoms with Crippen LogP contribution in [-0.4, -0.2) is 36.6 Å². The molecule has 0 aromatic heterocycles. The molecule has 6 N–H and O–H groups in total. The third-order valence-corrected chi connectivity index (χ3v) is 1.79. The first-order chi connectivity index (χ1) is 7.69. The molecule has 0 spiro atoms. The fraction of sp³-hybridized carbons (Fsp3) is 0.400. The number of nitrogens with two attached hydrogens (primary N) is 2. The molecule has 0 aliphatic heterocycles. The Labute approximate surface area is 93.4 Å². The number of rotatable bonds is 6. The molecule has 0 aliphatic rings. The normalized spacial score (nSPS) is 10.1. The van der Waals surface area contributed by atoms with E-state index in [1.165, 1.54) is 0 Å². The van der Waals surface area contributed by atoms with E-state index in [1.54, 1.807) is 12.1 Å². The Balaban J connectivity index is 2.91. The first-order valence-corrected chi connectivity index (χ1v) is 4.85. The second-order valence-electron chi connectivity index (χ2n) is 3.08. The van der Waals surface area contributed by atoms with Gasteiger partial charge in [0.15, 0.2) is 11.5 Å². The number of nitrogen functional groups attached to an aromatic ring is 2. The van der Waals surface area contributed by atoms with Crippen molar-refractivity contribution in [3.05, 3.63) is 12.1 Å². The molecule has 0 saturated heterocycles. The average molecular weight is 228 g/mol. The van der Waals surface area contributed by atoms with Gasteiger partial charge in [0.05, 0.1) is 18.9 Å². The molecule has 6 nitrogen and oxygen atoms in total. The Kier molecular flexibility index (Phi) is 4.68. The summed E-state index contributed by atoms with van der Waals surface area (Å²) in [5.41, 5.74) is 12.1. The molecule has 1 rings (SSSR count). The van der Waals surface area contributed by atoms with Gasteiger partial charge in [-0.25, -0.2) is 0 Å². The van der Waals surface area contributed by atoms with E-state index in [0.29, 0.717) is 22.9 Å². The molecule has 0 atom stereocenters. The van der Waals surface area contributed by atoms with Crippen LogP contribution >= 0.6 is 0 Å². The van der Waals surface area contributed by atoms with E-state index in [1.807, 2.05) is 0 Å². The van der Waals surface area contributed by atoms with Crippen LogP contribution in [0.5, 0.6) is 11.5 Å². The Morgan fingerprint density at radius 3 is 2.25 bits per heavy atom. The number of anilines is 2. The Morgan fingerprint density at radius 2 is 1.62 bits per heavy atom. The SMILES string of the molecule is Nc1cc(N)c(OCCO)c(OCCO)c1. The van der Waals surface area contributed by atoms with E-state index >= 15 is 0 Å². The highest BCUT2D eigenvalue weighted by molar-refractivity contribution is 5.67. The van der Waals surface area contributed by atoms with Crippen LogP contribution < -0.4 is 20.9 Å². The number of hydrogen-bond acceptors (Lipinski definition) is 6. The zero-order valence-corrected chi connectivity index (χ0v) is 8.85. The van der Waals surface area contributed by atoms with Crippen molar-refractivity contribution in [3.8, 4) is 11.5 Å². The molecular weight excluding hydrogens is 212 g/mol. The fourth-order valence-corrected chi connectivity index (χ4v) is 1.21. The fourth-order valence-electron chi connectivity index (χ4n) is 1.21. The van der Waals surface area contributed by atoms with Crippen molar-refractivity contribution in [2.75, 3.05) is 37.9 Å². The van der Waals surface area contributed by atoms with Crippen LogP contribution in [0.25, 0.3) is 0 Å². The lowest BCUT2D eigenvalue weighted by Gasteiger charge is -2.14. The van der Waals surface area contributed by atoms with E-state index in [-0.39, 0.29) is 26.4 Å². The molecule has 0 unspecified atom stereocenters. The molecule has 90 valence electrons. The van der Waals surface area contributed by atoms with Crippen LogP contribution in [0.2, 0.25) is 0 Å². The van der Waals surface area contributed by atoms with Gasteiger partial charge in [-0.1, -0.05) is 0 Å². The van der Waals surface area contributed by atoms with Crippen molar-refractivity contribution < 1.29 is 19.7 Å². The quantitative estimate of drug-likeness (QED) is 0.493. The standard InChI is InChI=1S/C10H16N2O4/c11-7-5-8(12)10(16-4-2-14)9(6-7)15-3-1-13/h5-6,13-14H,1-4,11-12H2. The van der Waals surface area contributed by atoms with E-state index in [4.69, 9.17) is 31.2 Å². The molecular formula is C10H16N2O4. The molecule has 0 bridgehead atoms. The van der Waals surface area contributed by atoms with Crippen molar-refractivity contribution in [3.63, 3.8) is 0 Å². The molecule has 16 heavy (non-hydrogen) atoms. The second-order valence-corrected chi connectivity index (χ2v) is 3.08. The monoisotopic (exact) mass is 228 g/mol. The minimum atomic E-state index is -0.122. The van der Waals surface area contributed by atoms with E-state index in [0.717, 1.165) is 0 Å². The summed E-state index contributed by atoms with van der Waals surface area (Å²) < 4.78 is 10.5. The maximum atomic E-state index is 8.67. The van der Waals surface area contributed by atoms with Gasteiger partial charge in [-0.3, -0.25) is 0 Å². The Morgan fingerprint density at radius 1 is 1.00 bits per heavy atom. The van der Waals surface area contributed by atoms with Crippen LogP contribution in [-0.2, 0) is 0 Å². The van der Waals surface area contributed by atoms with Crippen molar-refractivity contribution >= 4 is 11.4 Å². The summed E-state index contributed by atoms with van der Waals surface area (Å²) in [7, 11) is 0. The van der Waals surface area contributed by atoms with Crippen LogP contribution in [0.15, 0.2) is 12.1 Å². The van der Waals surface area contributed by atoms with Gasteiger partial charge < -0.3 is 31.2 Å². The number of ether oxygens (including phenoxy) is 2. The zero-order chi connectivity index (χ0) is 12.0. The molecule has 1 aromatic carbocycles. The summed E-state index contributed by atoms with van der Waals surface area (Å²) in [6, 6.07) is 3.09. The first-order valence-electron chi connectivity index (χ1n) is 4.85. The van der Waals surface area contributed by atoms with Gasteiger partial charge in [0.25, 0.3) is 0 Å². The number of aliphatic hydroxyl groups excluding tert-OH is 2. The average Bonchev–Trinajstić information content (AvgIpc) is 2.24. The van der Waals surface area contributed by atoms with E-state index in [2.05, 4.69) is 0 Å². The van der Waals surface area contributed by atoms with Crippen LogP contribution in [0.4, 0.5) is 11.4 Å². The number of benzene rings is 1. The summed E-state index contributed by atoms with van der Waals surface area (Å²) in [6.07, 6.45) is 0. The van der Waals surface area contributed by atoms with Gasteiger partial charge in [-0.15, -0.1) is 0 Å². The topological polar surface area (TPSA) is 111 Å². The van der Waals surface area contributed by atoms with Crippen molar-refractivity contribution in [2.45, 2.75) is 0 Å². The van der Waals surface area contributed by atoms with Crippen molar-refractivity contribution in [1.82, 2.24) is 0 Å². The predicted molar refractivity (Wildman–Crippen MR) is 60.4 cm³/mol. The smallest absolute Gasteiger partial charge is 0.184 e. The molecule has 0 fully saturated rings. The molecule has 1 aromatic rings. The van der Waals surface area contributed by atoms with Crippen molar-refractivity contribution in [2.24, 2.45) is 0 Å². The minimum Gasteiger partial charge on any atom is -0.487 e. The van der Waals surface area contributed by atoms with Gasteiger partial charge in [0.2, 0.25) is 0 Å². The van der Waals surface area contributed by atoms with Crippen LogP contribution in [0.3, 0.4) is 0 Å². The minimum absolute atomic E-state index is 0.115. The highest BCUT2D eigenvalue weighted by Crippen LogP contribution is 2.35. The molecule has 0 amide bonds. The molecule has 0 saturated carbocycles. The van der Waals surface area contributed by atoms with Crippen LogP contribution in [0.1, 0.15) is 0 Å². The highest BCUT2D eigenvalue weighted by Gasteiger charge is 2.10. The summed E-state index contributed by atoms with van der Waals surface area (Å²) in [5.74, 6) is 0.691. The van der Waals surface area contributed by atoms with Gasteiger partial charge in [-0.05, 0) is 6.07 Å². The van der Waals surface area contributed by atoms with Gasteiger partial charge >= 0.3 is 0 Å². The van der Waals surface area contributed by atoms with Gasteiger partial charge in [0.1, 0.15) is 13.2 Å². The lowest BCUT2D eigenvalue weighted by atomic mass is 10.2. The van der Waals surface area contributed by atoms with E-state index < -0.39 is 0 Å². The third-order valence-electron chi connectivity index (χ3n) is 1.79. The lowest BCUT2D eigenvalue weighted by Crippen LogP contribution is -2.08. The molecule has 0 aliphatic carbocycles. The second kappa shape index (κ2) is 6.04. The van der Waals surface area contributed by atoms with Gasteiger partial charge in [-0.2, -0.15) is 0 Å². The number of hydrogen-bond donors (Lipinski definition) is 4. The summed E-state index contributed by atoms with van der Waals surface area (Å²) in [4.78, 5) is 0. The summed E-state index contributed by atoms with van der Waals surface area (Å²) in [6.45, 7) is -0.000613. The Hall–Kier alpha value is -1.66. The third kappa shape index (κ3) is 3.18. The van der Waals surface area contributed by atoms with Gasteiger partial charge in [0, 0.05) is 11.8 Å².